The zero-order chi connectivity index (χ0) is 23.4. The van der Waals surface area contributed by atoms with Gasteiger partial charge in [0.05, 0.1) is 30.1 Å². The molecule has 1 N–H and O–H groups in total. The van der Waals surface area contributed by atoms with Gasteiger partial charge in [-0.3, -0.25) is 4.68 Å². The lowest BCUT2D eigenvalue weighted by atomic mass is 9.98. The van der Waals surface area contributed by atoms with Gasteiger partial charge in [0.15, 0.2) is 5.65 Å². The van der Waals surface area contributed by atoms with Gasteiger partial charge in [-0.25, -0.2) is 9.97 Å². The van der Waals surface area contributed by atoms with E-state index < -0.39 is 0 Å². The summed E-state index contributed by atoms with van der Waals surface area (Å²) in [7, 11) is 1.93. The molecule has 168 valence electrons. The molecular formula is C24H30ClN7. The summed E-state index contributed by atoms with van der Waals surface area (Å²) in [5.74, 6) is 1.04. The molecule has 3 rings (SSSR count). The maximum Gasteiger partial charge on any atom is 0.158 e. The fourth-order valence-corrected chi connectivity index (χ4v) is 4.19. The standard InChI is InChI=1S/C24H30ClN7/c1-7-10-32(22(8-9-26)28-18-11-16(4)27-21(25)13-18)14-19-12-20(15(2)3)23-17(5)30-31(6)24(23)29-19/h8,11-13,15H,7,10,14H2,1-6H3,(H,27,28)/b22-8+. The molecule has 0 atom stereocenters. The first kappa shape index (κ1) is 23.6. The Morgan fingerprint density at radius 1 is 1.28 bits per heavy atom. The Balaban J connectivity index is 2.00. The van der Waals surface area contributed by atoms with Gasteiger partial charge >= 0.3 is 0 Å². The highest BCUT2D eigenvalue weighted by Crippen LogP contribution is 2.28. The van der Waals surface area contributed by atoms with Crippen LogP contribution in [0.5, 0.6) is 0 Å². The van der Waals surface area contributed by atoms with Crippen LogP contribution in [0.25, 0.3) is 11.0 Å². The second kappa shape index (κ2) is 10.0. The molecule has 3 aromatic rings. The number of aromatic nitrogens is 4. The highest BCUT2D eigenvalue weighted by Gasteiger charge is 2.18. The van der Waals surface area contributed by atoms with Crippen LogP contribution in [-0.2, 0) is 13.6 Å². The largest absolute Gasteiger partial charge is 0.352 e. The van der Waals surface area contributed by atoms with E-state index in [1.54, 1.807) is 6.07 Å². The van der Waals surface area contributed by atoms with E-state index in [1.165, 1.54) is 11.6 Å². The average Bonchev–Trinajstić information content (AvgIpc) is 2.99. The predicted molar refractivity (Wildman–Crippen MR) is 129 cm³/mol. The molecule has 0 radical (unpaired) electrons. The van der Waals surface area contributed by atoms with Gasteiger partial charge < -0.3 is 10.2 Å². The van der Waals surface area contributed by atoms with Crippen molar-refractivity contribution in [3.63, 3.8) is 0 Å². The lowest BCUT2D eigenvalue weighted by Crippen LogP contribution is -2.28. The van der Waals surface area contributed by atoms with E-state index in [0.717, 1.165) is 46.8 Å². The third-order valence-electron chi connectivity index (χ3n) is 5.26. The number of anilines is 1. The van der Waals surface area contributed by atoms with Gasteiger partial charge in [-0.05, 0) is 49.9 Å². The monoisotopic (exact) mass is 451 g/mol. The highest BCUT2D eigenvalue weighted by molar-refractivity contribution is 6.29. The van der Waals surface area contributed by atoms with Crippen LogP contribution in [0.15, 0.2) is 30.1 Å². The molecule has 0 aliphatic heterocycles. The van der Waals surface area contributed by atoms with Crippen LogP contribution in [0.2, 0.25) is 5.15 Å². The smallest absolute Gasteiger partial charge is 0.158 e. The third kappa shape index (κ3) is 5.20. The molecule has 0 unspecified atom stereocenters. The van der Waals surface area contributed by atoms with Gasteiger partial charge in [0.2, 0.25) is 0 Å². The lowest BCUT2D eigenvalue weighted by molar-refractivity contribution is 0.337. The normalized spacial score (nSPS) is 11.8. The number of aryl methyl sites for hydroxylation is 3. The quantitative estimate of drug-likeness (QED) is 0.362. The van der Waals surface area contributed by atoms with Crippen molar-refractivity contribution in [3.8, 4) is 6.07 Å². The topological polar surface area (TPSA) is 82.7 Å². The summed E-state index contributed by atoms with van der Waals surface area (Å²) in [5, 5.41) is 18.9. The van der Waals surface area contributed by atoms with E-state index in [9.17, 15) is 5.26 Å². The van der Waals surface area contributed by atoms with Crippen LogP contribution in [-0.4, -0.2) is 31.2 Å². The van der Waals surface area contributed by atoms with E-state index in [4.69, 9.17) is 16.6 Å². The molecular weight excluding hydrogens is 422 g/mol. The van der Waals surface area contributed by atoms with Gasteiger partial charge in [-0.2, -0.15) is 10.4 Å². The van der Waals surface area contributed by atoms with E-state index in [0.29, 0.717) is 23.4 Å². The summed E-state index contributed by atoms with van der Waals surface area (Å²) in [4.78, 5) is 11.3. The summed E-state index contributed by atoms with van der Waals surface area (Å²) >= 11 is 6.13. The minimum absolute atomic E-state index is 0.343. The Hall–Kier alpha value is -3.11. The van der Waals surface area contributed by atoms with Crippen LogP contribution in [0, 0.1) is 25.2 Å². The molecule has 0 fully saturated rings. The average molecular weight is 452 g/mol. The first-order valence-corrected chi connectivity index (χ1v) is 11.2. The van der Waals surface area contributed by atoms with Crippen LogP contribution in [0.3, 0.4) is 0 Å². The molecule has 0 saturated carbocycles. The van der Waals surface area contributed by atoms with E-state index in [-0.39, 0.29) is 0 Å². The Morgan fingerprint density at radius 2 is 2.03 bits per heavy atom. The molecule has 0 bridgehead atoms. The molecule has 0 aromatic carbocycles. The van der Waals surface area contributed by atoms with Gasteiger partial charge in [0.1, 0.15) is 11.0 Å². The van der Waals surface area contributed by atoms with Gasteiger partial charge in [0, 0.05) is 30.4 Å². The second-order valence-electron chi connectivity index (χ2n) is 8.29. The van der Waals surface area contributed by atoms with Crippen molar-refractivity contribution in [2.75, 3.05) is 11.9 Å². The third-order valence-corrected chi connectivity index (χ3v) is 5.45. The fraction of sp³-hybridized carbons (Fsp3) is 0.417. The molecule has 0 spiro atoms. The number of hydrogen-bond donors (Lipinski definition) is 1. The van der Waals surface area contributed by atoms with E-state index >= 15 is 0 Å². The zero-order valence-electron chi connectivity index (χ0n) is 19.6. The molecule has 0 aliphatic carbocycles. The van der Waals surface area contributed by atoms with Crippen molar-refractivity contribution >= 4 is 28.3 Å². The summed E-state index contributed by atoms with van der Waals surface area (Å²) < 4.78 is 1.84. The predicted octanol–water partition coefficient (Wildman–Crippen LogP) is 5.45. The molecule has 0 saturated heterocycles. The number of rotatable bonds is 8. The van der Waals surface area contributed by atoms with E-state index in [2.05, 4.69) is 53.2 Å². The van der Waals surface area contributed by atoms with Crippen molar-refractivity contribution in [1.82, 2.24) is 24.6 Å². The van der Waals surface area contributed by atoms with Crippen molar-refractivity contribution in [2.24, 2.45) is 7.05 Å². The Labute approximate surface area is 194 Å². The van der Waals surface area contributed by atoms with Crippen LogP contribution in [0.4, 0.5) is 5.69 Å². The summed E-state index contributed by atoms with van der Waals surface area (Å²) in [6.07, 6.45) is 2.44. The number of nitriles is 1. The first-order chi connectivity index (χ1) is 15.2. The Kier molecular flexibility index (Phi) is 7.37. The summed E-state index contributed by atoms with van der Waals surface area (Å²) in [5.41, 5.74) is 5.65. The van der Waals surface area contributed by atoms with Gasteiger partial charge in [-0.15, -0.1) is 0 Å². The van der Waals surface area contributed by atoms with Crippen molar-refractivity contribution in [3.05, 3.63) is 57.9 Å². The van der Waals surface area contributed by atoms with Crippen molar-refractivity contribution < 1.29 is 0 Å². The molecule has 0 amide bonds. The zero-order valence-corrected chi connectivity index (χ0v) is 20.3. The van der Waals surface area contributed by atoms with E-state index in [1.807, 2.05) is 31.6 Å². The molecule has 0 aliphatic rings. The van der Waals surface area contributed by atoms with Crippen molar-refractivity contribution in [2.45, 2.75) is 53.5 Å². The Bertz CT molecular complexity index is 1170. The molecule has 8 heteroatoms. The van der Waals surface area contributed by atoms with Crippen LogP contribution in [0.1, 0.15) is 55.8 Å². The molecule has 7 nitrogen and oxygen atoms in total. The number of fused-ring (bicyclic) bond motifs is 1. The number of allylic oxidation sites excluding steroid dienone is 1. The number of hydrogen-bond acceptors (Lipinski definition) is 6. The maximum atomic E-state index is 9.45. The number of halogens is 1. The highest BCUT2D eigenvalue weighted by atomic mass is 35.5. The number of pyridine rings is 2. The minimum atomic E-state index is 0.343. The molecule has 32 heavy (non-hydrogen) atoms. The maximum absolute atomic E-state index is 9.45. The van der Waals surface area contributed by atoms with Gasteiger partial charge in [0.25, 0.3) is 0 Å². The minimum Gasteiger partial charge on any atom is -0.352 e. The second-order valence-corrected chi connectivity index (χ2v) is 8.68. The summed E-state index contributed by atoms with van der Waals surface area (Å²) in [6, 6.07) is 7.99. The fourth-order valence-electron chi connectivity index (χ4n) is 3.93. The molecule has 3 heterocycles. The van der Waals surface area contributed by atoms with Gasteiger partial charge in [-0.1, -0.05) is 32.4 Å². The SMILES string of the molecule is CCCN(Cc1cc(C(C)C)c2c(C)nn(C)c2n1)/C(=C/C#N)Nc1cc(C)nc(Cl)c1. The van der Waals surface area contributed by atoms with Crippen molar-refractivity contribution in [1.29, 1.82) is 5.26 Å². The van der Waals surface area contributed by atoms with Crippen LogP contribution < -0.4 is 5.32 Å². The van der Waals surface area contributed by atoms with Crippen LogP contribution >= 0.6 is 11.6 Å². The number of nitrogens with one attached hydrogen (secondary N) is 1. The Morgan fingerprint density at radius 3 is 2.66 bits per heavy atom. The first-order valence-electron chi connectivity index (χ1n) is 10.8. The molecule has 3 aromatic heterocycles. The summed E-state index contributed by atoms with van der Waals surface area (Å²) in [6.45, 7) is 11.7. The number of nitrogens with zero attached hydrogens (tertiary/aromatic N) is 6. The lowest BCUT2D eigenvalue weighted by Gasteiger charge is -2.27.